The zero-order valence-corrected chi connectivity index (χ0v) is 77.4. The Balaban J connectivity index is 0.000000154. The Morgan fingerprint density at radius 1 is 0.386 bits per heavy atom. The molecule has 0 atom stereocenters. The lowest BCUT2D eigenvalue weighted by molar-refractivity contribution is 0.0366. The van der Waals surface area contributed by atoms with Crippen LogP contribution in [0, 0.1) is 0 Å². The number of nitrogens with one attached hydrogen (secondary N) is 1. The molecule has 0 saturated heterocycles. The van der Waals surface area contributed by atoms with Gasteiger partial charge in [-0.05, 0) is 110 Å². The lowest BCUT2D eigenvalue weighted by Crippen LogP contribution is -2.18. The Labute approximate surface area is 763 Å². The summed E-state index contributed by atoms with van der Waals surface area (Å²) in [5.41, 5.74) is 7.99. The number of aromatic amines is 1. The van der Waals surface area contributed by atoms with Crippen LogP contribution in [0.5, 0.6) is 0 Å². The van der Waals surface area contributed by atoms with Crippen LogP contribution in [0.15, 0.2) is 173 Å². The Hall–Kier alpha value is -12.3. The van der Waals surface area contributed by atoms with E-state index >= 15 is 0 Å². The number of carboxylic acid groups (broad SMARTS) is 1. The van der Waals surface area contributed by atoms with Crippen molar-refractivity contribution in [2.45, 2.75) is 95.3 Å². The fourth-order valence-corrected chi connectivity index (χ4v) is 15.4. The van der Waals surface area contributed by atoms with Gasteiger partial charge >= 0.3 is 35.5 Å². The van der Waals surface area contributed by atoms with Gasteiger partial charge in [-0.3, -0.25) is 0 Å². The van der Waals surface area contributed by atoms with Crippen LogP contribution in [0.3, 0.4) is 0 Å². The van der Waals surface area contributed by atoms with Gasteiger partial charge in [-0.15, -0.1) is 0 Å². The van der Waals surface area contributed by atoms with Crippen LogP contribution in [0.2, 0.25) is 30.4 Å². The van der Waals surface area contributed by atoms with E-state index in [1.165, 1.54) is 95.7 Å². The number of hydrogen-bond donors (Lipinski definition) is 2. The number of benzene rings is 5. The van der Waals surface area contributed by atoms with Gasteiger partial charge in [0.1, 0.15) is 90.9 Å². The summed E-state index contributed by atoms with van der Waals surface area (Å²) < 4.78 is 52.5. The van der Waals surface area contributed by atoms with Gasteiger partial charge in [0.05, 0.1) is 109 Å². The molecule has 0 bridgehead atoms. The van der Waals surface area contributed by atoms with Gasteiger partial charge in [0.25, 0.3) is 0 Å². The Morgan fingerprint density at radius 2 is 0.661 bits per heavy atom. The van der Waals surface area contributed by atoms with Gasteiger partial charge in [0.2, 0.25) is 20.3 Å². The molecule has 10 heterocycles. The number of carboxylic acids is 1. The van der Waals surface area contributed by atoms with Gasteiger partial charge in [0, 0.05) is 92.0 Å². The van der Waals surface area contributed by atoms with Crippen molar-refractivity contribution in [3.63, 3.8) is 0 Å². The minimum absolute atomic E-state index is 0.0245. The average molecular weight is 1910 g/mol. The zero-order valence-electron chi connectivity index (χ0n) is 70.4. The fraction of sp³-hybridized carbons (Fsp3) is 0.235. The second-order valence-corrected chi connectivity index (χ2v) is 33.7. The number of fused-ring (bicyclic) bond motifs is 5. The highest BCUT2D eigenvalue weighted by Crippen LogP contribution is 2.42. The fourth-order valence-electron chi connectivity index (χ4n) is 12.8. The summed E-state index contributed by atoms with van der Waals surface area (Å²) >= 11 is 40.1. The molecule has 33 nitrogen and oxygen atoms in total. The quantitative estimate of drug-likeness (QED) is 0.0275. The smallest absolute Gasteiger partial charge is 0.345 e. The lowest BCUT2D eigenvalue weighted by atomic mass is 10.1. The highest BCUT2D eigenvalue weighted by molar-refractivity contribution is 7.98. The molecule has 0 amide bonds. The van der Waals surface area contributed by atoms with Crippen molar-refractivity contribution in [3.05, 3.63) is 222 Å². The van der Waals surface area contributed by atoms with Crippen molar-refractivity contribution in [1.82, 2.24) is 73.5 Å². The monoisotopic (exact) mass is 1900 g/mol. The minimum atomic E-state index is -3.70. The summed E-state index contributed by atoms with van der Waals surface area (Å²) in [4.78, 5) is 139. The van der Waals surface area contributed by atoms with E-state index in [2.05, 4.69) is 49.8 Å². The number of esters is 4. The summed E-state index contributed by atoms with van der Waals surface area (Å²) in [7, 11) is 3.84. The van der Waals surface area contributed by atoms with Gasteiger partial charge in [-0.2, -0.15) is 23.7 Å². The van der Waals surface area contributed by atoms with Crippen molar-refractivity contribution in [3.8, 4) is 56.3 Å². The minimum Gasteiger partial charge on any atom is -0.478 e. The largest absolute Gasteiger partial charge is 0.478 e. The molecule has 0 aliphatic rings. The number of aromatic nitrogens is 15. The van der Waals surface area contributed by atoms with Gasteiger partial charge in [-0.25, -0.2) is 82.0 Å². The van der Waals surface area contributed by atoms with Crippen LogP contribution in [-0.4, -0.2) is 196 Å². The van der Waals surface area contributed by atoms with E-state index in [9.17, 15) is 42.3 Å². The highest BCUT2D eigenvalue weighted by Gasteiger charge is 2.30. The Kier molecular flexibility index (Phi) is 31.1. The lowest BCUT2D eigenvalue weighted by Gasteiger charge is -2.11. The number of para-hydroxylation sites is 5. The number of hydrogen-bond acceptors (Lipinski definition) is 28. The molecule has 662 valence electrons. The predicted molar refractivity (Wildman–Crippen MR) is 486 cm³/mol. The third-order valence-corrected chi connectivity index (χ3v) is 21.7. The molecule has 0 spiro atoms. The van der Waals surface area contributed by atoms with E-state index in [1.807, 2.05) is 48.9 Å². The third-order valence-electron chi connectivity index (χ3n) is 18.0. The molecule has 42 heteroatoms. The number of ether oxygens (including phenoxy) is 4. The third kappa shape index (κ3) is 21.2. The number of nitrogens with zero attached hydrogens (tertiary/aromatic N) is 14. The number of sulfone groups is 1. The van der Waals surface area contributed by atoms with Crippen molar-refractivity contribution < 1.29 is 80.6 Å². The van der Waals surface area contributed by atoms with E-state index in [1.54, 1.807) is 153 Å². The first-order chi connectivity index (χ1) is 60.5. The number of H-pyrrole nitrogens is 1. The van der Waals surface area contributed by atoms with Crippen molar-refractivity contribution in [2.75, 3.05) is 54.3 Å². The number of halogens is 6. The first-order valence-corrected chi connectivity index (χ1v) is 44.4. The van der Waals surface area contributed by atoms with Gasteiger partial charge in [-0.1, -0.05) is 142 Å². The van der Waals surface area contributed by atoms with Crippen LogP contribution >= 0.6 is 93.1 Å². The van der Waals surface area contributed by atoms with Gasteiger partial charge in [0.15, 0.2) is 10.3 Å². The van der Waals surface area contributed by atoms with E-state index in [-0.39, 0.29) is 57.6 Å². The van der Waals surface area contributed by atoms with Crippen molar-refractivity contribution >= 4 is 187 Å². The predicted octanol–water partition coefficient (Wildman–Crippen LogP) is 16.8. The zero-order chi connectivity index (χ0) is 92.3. The maximum atomic E-state index is 12.6. The first kappa shape index (κ1) is 95.4. The molecule has 2 N–H and O–H groups in total. The van der Waals surface area contributed by atoms with Crippen LogP contribution in [0.1, 0.15) is 107 Å². The summed E-state index contributed by atoms with van der Waals surface area (Å²) in [5, 5.41) is 16.3. The molecule has 10 aromatic heterocycles. The number of carbonyl (C=O) groups is 5. The molecule has 0 radical (unpaired) electrons. The van der Waals surface area contributed by atoms with Crippen molar-refractivity contribution in [1.29, 1.82) is 0 Å². The molecule has 0 fully saturated rings. The average Bonchev–Trinajstić information content (AvgIpc) is 1.65. The molecule has 127 heavy (non-hydrogen) atoms. The van der Waals surface area contributed by atoms with Crippen LogP contribution in [0.4, 0.5) is 0 Å². The number of carbonyl (C=O) groups excluding carboxylic acids is 4. The summed E-state index contributed by atoms with van der Waals surface area (Å²) in [6, 6.07) is 26.9. The van der Waals surface area contributed by atoms with Crippen molar-refractivity contribution in [2.24, 2.45) is 0 Å². The van der Waals surface area contributed by atoms with Crippen LogP contribution in [-0.2, 0) is 28.8 Å². The van der Waals surface area contributed by atoms with E-state index in [0.717, 1.165) is 39.6 Å². The molecule has 5 aromatic carbocycles. The highest BCUT2D eigenvalue weighted by atomic mass is 35.5. The topological polar surface area (TPSA) is 396 Å². The number of thioether (sulfide) groups is 2. The second kappa shape index (κ2) is 41.5. The summed E-state index contributed by atoms with van der Waals surface area (Å²) in [6.45, 7) is 14.0. The number of rotatable bonds is 22. The SMILES string of the molecule is COn1cc(-c2[nH]c(=O)ncc2C(=O)OC(C)C)c2cccc(Cl)c21.COn1cc(-c2nc(Cl)ncc2C(=O)OC(C)C)c2cccc(Cl)c21.COn1cc(-c2nc(S(C)(=O)=O)ncc2C(=O)OC(C)C)c2cccc(Cl)c21.COn1cc(-c2nc(SC)ncc2C(=O)O)c2cccc(Cl)c21.COn1cc(-c2nc(SC)ncc2C(=O)OC(C)C)c2cccc(Cl)c21. The van der Waals surface area contributed by atoms with Crippen LogP contribution in [0.25, 0.3) is 111 Å². The van der Waals surface area contributed by atoms with E-state index < -0.39 is 50.5 Å². The molecule has 0 aliphatic carbocycles. The van der Waals surface area contributed by atoms with Gasteiger partial charge < -0.3 is 53.2 Å². The Bertz CT molecular complexity index is 6900. The second-order valence-electron chi connectivity index (χ2n) is 27.9. The standard InChI is InChI=1S/C18H18ClN3O5S.C18H18ClN3O3S.C17H15Cl2N3O3.C17H16ClN3O4.C15H12ClN3O3S/c1-10(2)27-17(23)12-8-20-18(28(4,24)25)21-15(12)13-9-22(26-3)16-11(13)6-5-7-14(16)19;1-10(2)25-17(23)12-8-20-18(26-4)21-15(12)13-9-22(24-3)16-11(13)6-5-7-14(16)19;1-9(2)25-16(23)11-7-20-17(19)21-14(11)12-8-22(24-3)15-10(12)5-4-6-13(15)18;1-9(2)25-16(22)11-7-19-17(23)20-14(11)12-8-21(24-3)15-10(12)5-4-6-13(15)18;1-22-19-7-10(8-4-3-5-11(16)13(8)19)12-9(14(20)21)6-17-15(18-12)23-2/h5-10H,1-4H3;5-10H,1-4H3;4-9H,1-3H3;4-9H,1-3H3,(H,19,20,23);3-7H,1-2H3,(H,20,21). The molecule has 0 saturated carbocycles. The maximum absolute atomic E-state index is 12.6. The molecule has 15 rings (SSSR count). The maximum Gasteiger partial charge on any atom is 0.345 e. The molecule has 0 unspecified atom stereocenters. The molecular formula is C85H79Cl6N15O18S3. The van der Waals surface area contributed by atoms with E-state index in [4.69, 9.17) is 113 Å². The first-order valence-electron chi connectivity index (χ1n) is 37.8. The number of aromatic carboxylic acids is 1. The summed E-state index contributed by atoms with van der Waals surface area (Å²) in [5.74, 6) is -3.32. The molecular weight excluding hydrogens is 1830 g/mol. The molecule has 0 aliphatic heterocycles. The van der Waals surface area contributed by atoms with E-state index in [0.29, 0.717) is 119 Å². The van der Waals surface area contributed by atoms with Crippen LogP contribution < -0.4 is 29.9 Å². The summed E-state index contributed by atoms with van der Waals surface area (Å²) in [6.07, 6.45) is 18.4. The normalized spacial score (nSPS) is 11.2. The molecule has 15 aromatic rings. The Morgan fingerprint density at radius 3 is 0.976 bits per heavy atom.